The molecule has 0 radical (unpaired) electrons. The maximum atomic E-state index is 6.16. The third kappa shape index (κ3) is 3.06. The van der Waals surface area contributed by atoms with Gasteiger partial charge in [-0.25, -0.2) is 0 Å². The Balaban J connectivity index is 2.25. The van der Waals surface area contributed by atoms with Crippen molar-refractivity contribution in [1.29, 1.82) is 0 Å². The molecule has 0 aliphatic carbocycles. The first-order valence-electron chi connectivity index (χ1n) is 4.82. The van der Waals surface area contributed by atoms with Gasteiger partial charge in [0.25, 0.3) is 0 Å². The number of nitrogens with zero attached hydrogens (tertiary/aromatic N) is 2. The molecule has 0 saturated heterocycles. The van der Waals surface area contributed by atoms with E-state index < -0.39 is 0 Å². The van der Waals surface area contributed by atoms with Crippen molar-refractivity contribution in [3.8, 4) is 0 Å². The fourth-order valence-corrected chi connectivity index (χ4v) is 2.12. The summed E-state index contributed by atoms with van der Waals surface area (Å²) >= 11 is 14.4. The summed E-state index contributed by atoms with van der Waals surface area (Å²) in [6, 6.07) is 5.55. The normalized spacial score (nSPS) is 10.5. The van der Waals surface area contributed by atoms with Crippen LogP contribution >= 0.6 is 39.7 Å². The number of halogens is 2. The Hall–Kier alpha value is -0.910. The van der Waals surface area contributed by atoms with Gasteiger partial charge in [-0.05, 0) is 27.6 Å². The van der Waals surface area contributed by atoms with Gasteiger partial charge in [-0.1, -0.05) is 36.0 Å². The number of nitrogens with two attached hydrogens (primary N) is 1. The lowest BCUT2D eigenvalue weighted by atomic mass is 10.1. The zero-order valence-electron chi connectivity index (χ0n) is 8.73. The monoisotopic (exact) mass is 329 g/mol. The van der Waals surface area contributed by atoms with Crippen LogP contribution in [0.2, 0.25) is 5.02 Å². The molecule has 6 heteroatoms. The average molecular weight is 331 g/mol. The highest BCUT2D eigenvalue weighted by Gasteiger charge is 2.05. The molecule has 0 amide bonds. The molecule has 1 aromatic carbocycles. The van der Waals surface area contributed by atoms with Gasteiger partial charge in [0, 0.05) is 16.8 Å². The van der Waals surface area contributed by atoms with Crippen molar-refractivity contribution >= 4 is 44.7 Å². The van der Waals surface area contributed by atoms with Crippen LogP contribution in [0.1, 0.15) is 11.1 Å². The smallest absolute Gasteiger partial charge is 0.104 e. The average Bonchev–Trinajstić information content (AvgIpc) is 2.67. The molecule has 1 aromatic heterocycles. The van der Waals surface area contributed by atoms with E-state index in [0.29, 0.717) is 16.6 Å². The lowest BCUT2D eigenvalue weighted by Crippen LogP contribution is -2.09. The molecule has 0 atom stereocenters. The minimum absolute atomic E-state index is 0.347. The predicted molar refractivity (Wildman–Crippen MR) is 76.4 cm³/mol. The van der Waals surface area contributed by atoms with Crippen LogP contribution in [0.25, 0.3) is 0 Å². The Labute approximate surface area is 118 Å². The summed E-state index contributed by atoms with van der Waals surface area (Å²) in [4.78, 5) is 0.347. The number of aromatic nitrogens is 2. The third-order valence-corrected chi connectivity index (χ3v) is 3.27. The van der Waals surface area contributed by atoms with Gasteiger partial charge in [-0.3, -0.25) is 4.68 Å². The Kier molecular flexibility index (Phi) is 3.81. The van der Waals surface area contributed by atoms with Gasteiger partial charge in [0.2, 0.25) is 0 Å². The molecule has 3 nitrogen and oxygen atoms in total. The molecule has 88 valence electrons. The van der Waals surface area contributed by atoms with Gasteiger partial charge in [0.1, 0.15) is 4.99 Å². The molecule has 0 aliphatic rings. The van der Waals surface area contributed by atoms with Gasteiger partial charge >= 0.3 is 0 Å². The second-order valence-electron chi connectivity index (χ2n) is 3.53. The largest absolute Gasteiger partial charge is 0.389 e. The number of rotatable bonds is 3. The van der Waals surface area contributed by atoms with Gasteiger partial charge in [-0.2, -0.15) is 5.10 Å². The third-order valence-electron chi connectivity index (χ3n) is 2.27. The molecule has 1 heterocycles. The number of thiocarbonyl (C=S) groups is 1. The van der Waals surface area contributed by atoms with Crippen LogP contribution in [-0.4, -0.2) is 14.8 Å². The van der Waals surface area contributed by atoms with Crippen molar-refractivity contribution in [1.82, 2.24) is 9.78 Å². The Morgan fingerprint density at radius 3 is 2.82 bits per heavy atom. The second kappa shape index (κ2) is 5.16. The van der Waals surface area contributed by atoms with E-state index in [-0.39, 0.29) is 0 Å². The van der Waals surface area contributed by atoms with E-state index >= 15 is 0 Å². The molecule has 2 aromatic rings. The van der Waals surface area contributed by atoms with E-state index in [9.17, 15) is 0 Å². The molecule has 0 bridgehead atoms. The van der Waals surface area contributed by atoms with Crippen molar-refractivity contribution in [3.63, 3.8) is 0 Å². The summed E-state index contributed by atoms with van der Waals surface area (Å²) in [6.45, 7) is 0.613. The predicted octanol–water partition coefficient (Wildman–Crippen LogP) is 2.98. The number of hydrogen-bond donors (Lipinski definition) is 1. The van der Waals surface area contributed by atoms with Crippen molar-refractivity contribution in [2.45, 2.75) is 6.54 Å². The van der Waals surface area contributed by atoms with Crippen LogP contribution in [-0.2, 0) is 6.54 Å². The van der Waals surface area contributed by atoms with Gasteiger partial charge < -0.3 is 5.73 Å². The molecule has 0 unspecified atom stereocenters. The fourth-order valence-electron chi connectivity index (χ4n) is 1.43. The number of benzene rings is 1. The van der Waals surface area contributed by atoms with Crippen molar-refractivity contribution in [2.24, 2.45) is 5.73 Å². The second-order valence-corrected chi connectivity index (χ2v) is 5.29. The van der Waals surface area contributed by atoms with Gasteiger partial charge in [0.05, 0.1) is 17.2 Å². The standard InChI is InChI=1S/C11H9BrClN3S/c12-9-4-15-16(6-9)5-8-2-1-7(11(14)17)3-10(8)13/h1-4,6H,5H2,(H2,14,17). The van der Waals surface area contributed by atoms with Crippen molar-refractivity contribution in [2.75, 3.05) is 0 Å². The lowest BCUT2D eigenvalue weighted by Gasteiger charge is -2.06. The highest BCUT2D eigenvalue weighted by Crippen LogP contribution is 2.19. The molecule has 2 rings (SSSR count). The summed E-state index contributed by atoms with van der Waals surface area (Å²) in [6.07, 6.45) is 3.62. The first-order chi connectivity index (χ1) is 8.06. The van der Waals surface area contributed by atoms with Gasteiger partial charge in [-0.15, -0.1) is 0 Å². The van der Waals surface area contributed by atoms with E-state index in [2.05, 4.69) is 21.0 Å². The van der Waals surface area contributed by atoms with E-state index in [0.717, 1.165) is 15.6 Å². The molecule has 0 saturated carbocycles. The van der Waals surface area contributed by atoms with Crippen LogP contribution < -0.4 is 5.73 Å². The van der Waals surface area contributed by atoms with Crippen LogP contribution in [0.5, 0.6) is 0 Å². The van der Waals surface area contributed by atoms with E-state index in [1.807, 2.05) is 18.3 Å². The van der Waals surface area contributed by atoms with Crippen LogP contribution in [0.4, 0.5) is 0 Å². The SMILES string of the molecule is NC(=S)c1ccc(Cn2cc(Br)cn2)c(Cl)c1. The minimum Gasteiger partial charge on any atom is -0.389 e. The lowest BCUT2D eigenvalue weighted by molar-refractivity contribution is 0.687. The minimum atomic E-state index is 0.347. The Bertz CT molecular complexity index is 568. The quantitative estimate of drug-likeness (QED) is 0.880. The summed E-state index contributed by atoms with van der Waals surface area (Å²) in [5.74, 6) is 0. The molecular formula is C11H9BrClN3S. The van der Waals surface area contributed by atoms with E-state index in [1.54, 1.807) is 16.9 Å². The first kappa shape index (κ1) is 12.5. The molecule has 0 aliphatic heterocycles. The molecule has 0 fully saturated rings. The zero-order valence-corrected chi connectivity index (χ0v) is 11.9. The summed E-state index contributed by atoms with van der Waals surface area (Å²) in [5.41, 5.74) is 7.29. The van der Waals surface area contributed by atoms with Crippen LogP contribution in [0, 0.1) is 0 Å². The molecule has 2 N–H and O–H groups in total. The van der Waals surface area contributed by atoms with E-state index in [4.69, 9.17) is 29.6 Å². The maximum absolute atomic E-state index is 6.16. The van der Waals surface area contributed by atoms with Crippen LogP contribution in [0.15, 0.2) is 35.1 Å². The van der Waals surface area contributed by atoms with Gasteiger partial charge in [0.15, 0.2) is 0 Å². The summed E-state index contributed by atoms with van der Waals surface area (Å²) in [5, 5.41) is 4.81. The Morgan fingerprint density at radius 2 is 2.29 bits per heavy atom. The molecule has 0 spiro atoms. The zero-order chi connectivity index (χ0) is 12.4. The summed E-state index contributed by atoms with van der Waals surface area (Å²) < 4.78 is 2.74. The van der Waals surface area contributed by atoms with Crippen LogP contribution in [0.3, 0.4) is 0 Å². The highest BCUT2D eigenvalue weighted by molar-refractivity contribution is 9.10. The molecular weight excluding hydrogens is 322 g/mol. The first-order valence-corrected chi connectivity index (χ1v) is 6.40. The van der Waals surface area contributed by atoms with E-state index in [1.165, 1.54) is 0 Å². The molecule has 17 heavy (non-hydrogen) atoms. The number of hydrogen-bond acceptors (Lipinski definition) is 2. The van der Waals surface area contributed by atoms with Crippen molar-refractivity contribution in [3.05, 3.63) is 51.2 Å². The maximum Gasteiger partial charge on any atom is 0.104 e. The Morgan fingerprint density at radius 1 is 1.53 bits per heavy atom. The van der Waals surface area contributed by atoms with Crippen molar-refractivity contribution < 1.29 is 0 Å². The summed E-state index contributed by atoms with van der Waals surface area (Å²) in [7, 11) is 0. The topological polar surface area (TPSA) is 43.8 Å². The fraction of sp³-hybridized carbons (Fsp3) is 0.0909. The highest BCUT2D eigenvalue weighted by atomic mass is 79.9.